The van der Waals surface area contributed by atoms with Gasteiger partial charge in [0.1, 0.15) is 0 Å². The van der Waals surface area contributed by atoms with Crippen molar-refractivity contribution in [3.05, 3.63) is 5.82 Å². The minimum atomic E-state index is -0.250. The molecular weight excluding hydrogens is 150 g/mol. The Morgan fingerprint density at radius 3 is 2.73 bits per heavy atom. The van der Waals surface area contributed by atoms with Crippen LogP contribution in [-0.4, -0.2) is 38.7 Å². The zero-order valence-corrected chi connectivity index (χ0v) is 5.77. The summed E-state index contributed by atoms with van der Waals surface area (Å²) in [5.74, 6) is 0.674. The molecule has 7 nitrogen and oxygen atoms in total. The standard InChI is InChI=1S/C3H7N5.CH2O2/c4-2-1-3-5-7-8-6-3;2-1-3/h1-2,4H2,(H,5,6,7,8);1H,(H,2,3). The normalized spacial score (nSPS) is 8.09. The van der Waals surface area contributed by atoms with Gasteiger partial charge in [-0.05, 0) is 6.54 Å². The second-order valence-electron chi connectivity index (χ2n) is 1.47. The van der Waals surface area contributed by atoms with Gasteiger partial charge in [0.15, 0.2) is 5.82 Å². The lowest BCUT2D eigenvalue weighted by atomic mass is 10.4. The third-order valence-corrected chi connectivity index (χ3v) is 0.757. The lowest BCUT2D eigenvalue weighted by molar-refractivity contribution is -0.122. The van der Waals surface area contributed by atoms with Gasteiger partial charge in [0, 0.05) is 6.42 Å². The van der Waals surface area contributed by atoms with Gasteiger partial charge < -0.3 is 10.8 Å². The highest BCUT2D eigenvalue weighted by Gasteiger charge is 1.91. The minimum absolute atomic E-state index is 0.250. The van der Waals surface area contributed by atoms with Crippen LogP contribution in [-0.2, 0) is 11.2 Å². The van der Waals surface area contributed by atoms with Crippen molar-refractivity contribution in [2.75, 3.05) is 6.54 Å². The molecule has 0 aromatic carbocycles. The van der Waals surface area contributed by atoms with Crippen LogP contribution in [0, 0.1) is 0 Å². The highest BCUT2D eigenvalue weighted by Crippen LogP contribution is 1.79. The van der Waals surface area contributed by atoms with Crippen molar-refractivity contribution >= 4 is 6.47 Å². The number of hydrogen-bond donors (Lipinski definition) is 3. The van der Waals surface area contributed by atoms with Crippen LogP contribution in [0.15, 0.2) is 0 Å². The predicted molar refractivity (Wildman–Crippen MR) is 35.6 cm³/mol. The highest BCUT2D eigenvalue weighted by atomic mass is 16.3. The highest BCUT2D eigenvalue weighted by molar-refractivity contribution is 5.32. The summed E-state index contributed by atoms with van der Waals surface area (Å²) in [6.07, 6.45) is 0.691. The Balaban J connectivity index is 0.000000292. The van der Waals surface area contributed by atoms with Crippen molar-refractivity contribution in [2.24, 2.45) is 5.73 Å². The first-order valence-corrected chi connectivity index (χ1v) is 2.85. The second-order valence-corrected chi connectivity index (χ2v) is 1.47. The largest absolute Gasteiger partial charge is 0.483 e. The molecule has 0 bridgehead atoms. The summed E-state index contributed by atoms with van der Waals surface area (Å²) in [5.41, 5.74) is 5.20. The molecule has 11 heavy (non-hydrogen) atoms. The summed E-state index contributed by atoms with van der Waals surface area (Å²) >= 11 is 0. The van der Waals surface area contributed by atoms with E-state index in [1.807, 2.05) is 0 Å². The van der Waals surface area contributed by atoms with E-state index in [0.29, 0.717) is 18.8 Å². The molecule has 7 heteroatoms. The van der Waals surface area contributed by atoms with Gasteiger partial charge in [0.25, 0.3) is 6.47 Å². The molecule has 1 aromatic rings. The fraction of sp³-hybridized carbons (Fsp3) is 0.500. The van der Waals surface area contributed by atoms with Gasteiger partial charge in [-0.3, -0.25) is 4.79 Å². The summed E-state index contributed by atoms with van der Waals surface area (Å²) < 4.78 is 0. The van der Waals surface area contributed by atoms with E-state index in [1.54, 1.807) is 0 Å². The Morgan fingerprint density at radius 1 is 1.73 bits per heavy atom. The molecule has 0 spiro atoms. The molecule has 0 saturated heterocycles. The van der Waals surface area contributed by atoms with Crippen LogP contribution in [0.1, 0.15) is 5.82 Å². The van der Waals surface area contributed by atoms with Crippen molar-refractivity contribution in [2.45, 2.75) is 6.42 Å². The van der Waals surface area contributed by atoms with Gasteiger partial charge in [-0.25, -0.2) is 0 Å². The molecule has 0 fully saturated rings. The summed E-state index contributed by atoms with van der Waals surface area (Å²) in [6, 6.07) is 0. The zero-order valence-electron chi connectivity index (χ0n) is 5.77. The van der Waals surface area contributed by atoms with E-state index in [0.717, 1.165) is 0 Å². The smallest absolute Gasteiger partial charge is 0.290 e. The molecule has 0 radical (unpaired) electrons. The second kappa shape index (κ2) is 6.62. The monoisotopic (exact) mass is 159 g/mol. The van der Waals surface area contributed by atoms with E-state index in [9.17, 15) is 0 Å². The summed E-state index contributed by atoms with van der Waals surface area (Å²) in [7, 11) is 0. The van der Waals surface area contributed by atoms with Crippen LogP contribution in [0.4, 0.5) is 0 Å². The summed E-state index contributed by atoms with van der Waals surface area (Å²) in [5, 5.41) is 19.9. The van der Waals surface area contributed by atoms with Crippen molar-refractivity contribution < 1.29 is 9.90 Å². The molecule has 0 aliphatic rings. The Morgan fingerprint density at radius 2 is 2.36 bits per heavy atom. The quantitative estimate of drug-likeness (QED) is 0.447. The van der Waals surface area contributed by atoms with E-state index < -0.39 is 0 Å². The predicted octanol–water partition coefficient (Wildman–Crippen LogP) is -1.60. The number of carbonyl (C=O) groups is 1. The van der Waals surface area contributed by atoms with Crippen LogP contribution < -0.4 is 5.73 Å². The Kier molecular flexibility index (Phi) is 5.72. The maximum Gasteiger partial charge on any atom is 0.290 e. The number of H-pyrrole nitrogens is 1. The van der Waals surface area contributed by atoms with Crippen molar-refractivity contribution in [1.82, 2.24) is 20.6 Å². The third kappa shape index (κ3) is 4.97. The molecule has 0 aliphatic carbocycles. The Labute approximate surface area is 62.6 Å². The number of aromatic nitrogens is 4. The van der Waals surface area contributed by atoms with E-state index in [2.05, 4.69) is 20.6 Å². The van der Waals surface area contributed by atoms with Crippen molar-refractivity contribution in [3.63, 3.8) is 0 Å². The average molecular weight is 159 g/mol. The van der Waals surface area contributed by atoms with Crippen LogP contribution in [0.3, 0.4) is 0 Å². The first-order chi connectivity index (χ1) is 5.35. The minimum Gasteiger partial charge on any atom is -0.483 e. The maximum absolute atomic E-state index is 8.36. The van der Waals surface area contributed by atoms with E-state index in [4.69, 9.17) is 15.6 Å². The summed E-state index contributed by atoms with van der Waals surface area (Å²) in [4.78, 5) is 8.36. The van der Waals surface area contributed by atoms with E-state index in [-0.39, 0.29) is 6.47 Å². The molecule has 4 N–H and O–H groups in total. The Bertz CT molecular complexity index is 175. The van der Waals surface area contributed by atoms with Crippen LogP contribution in [0.5, 0.6) is 0 Å². The first kappa shape index (κ1) is 9.50. The molecule has 0 unspecified atom stereocenters. The molecule has 1 heterocycles. The van der Waals surface area contributed by atoms with Gasteiger partial charge in [-0.15, -0.1) is 10.2 Å². The van der Waals surface area contributed by atoms with E-state index >= 15 is 0 Å². The number of hydrogen-bond acceptors (Lipinski definition) is 5. The number of tetrazole rings is 1. The molecule has 62 valence electrons. The molecule has 0 saturated carbocycles. The third-order valence-electron chi connectivity index (χ3n) is 0.757. The van der Waals surface area contributed by atoms with Crippen molar-refractivity contribution in [1.29, 1.82) is 0 Å². The lowest BCUT2D eigenvalue weighted by Crippen LogP contribution is -2.03. The number of nitrogens with zero attached hydrogens (tertiary/aromatic N) is 3. The molecule has 0 atom stereocenters. The maximum atomic E-state index is 8.36. The molecule has 0 aliphatic heterocycles. The van der Waals surface area contributed by atoms with Gasteiger partial charge in [0.05, 0.1) is 0 Å². The lowest BCUT2D eigenvalue weighted by Gasteiger charge is -1.81. The van der Waals surface area contributed by atoms with Crippen LogP contribution in [0.2, 0.25) is 0 Å². The summed E-state index contributed by atoms with van der Waals surface area (Å²) in [6.45, 7) is 0.319. The SMILES string of the molecule is NCCc1nn[nH]n1.O=CO. The molecule has 1 rings (SSSR count). The first-order valence-electron chi connectivity index (χ1n) is 2.85. The van der Waals surface area contributed by atoms with Crippen LogP contribution >= 0.6 is 0 Å². The van der Waals surface area contributed by atoms with E-state index in [1.165, 1.54) is 0 Å². The zero-order chi connectivity index (χ0) is 8.53. The number of carboxylic acid groups (broad SMARTS) is 1. The van der Waals surface area contributed by atoms with Gasteiger partial charge in [-0.2, -0.15) is 5.21 Å². The number of aromatic amines is 1. The number of nitrogens with two attached hydrogens (primary N) is 1. The van der Waals surface area contributed by atoms with Gasteiger partial charge in [0.2, 0.25) is 0 Å². The average Bonchev–Trinajstić information content (AvgIpc) is 2.42. The number of rotatable bonds is 2. The Hall–Kier alpha value is -1.50. The molecular formula is C4H9N5O2. The van der Waals surface area contributed by atoms with Gasteiger partial charge in [-0.1, -0.05) is 5.21 Å². The van der Waals surface area contributed by atoms with Crippen molar-refractivity contribution in [3.8, 4) is 0 Å². The molecule has 0 amide bonds. The fourth-order valence-electron chi connectivity index (χ4n) is 0.418. The number of nitrogens with one attached hydrogen (secondary N) is 1. The fourth-order valence-corrected chi connectivity index (χ4v) is 0.418. The topological polar surface area (TPSA) is 118 Å². The molecule has 1 aromatic heterocycles. The van der Waals surface area contributed by atoms with Crippen LogP contribution in [0.25, 0.3) is 0 Å². The van der Waals surface area contributed by atoms with Gasteiger partial charge >= 0.3 is 0 Å².